The van der Waals surface area contributed by atoms with Crippen LogP contribution in [0.15, 0.2) is 47.4 Å². The lowest BCUT2D eigenvalue weighted by Gasteiger charge is -2.23. The van der Waals surface area contributed by atoms with Crippen molar-refractivity contribution < 1.29 is 27.3 Å². The summed E-state index contributed by atoms with van der Waals surface area (Å²) in [6, 6.07) is 7.69. The number of hydrogen-bond donors (Lipinski definition) is 0. The predicted molar refractivity (Wildman–Crippen MR) is 95.7 cm³/mol. The number of carbonyl (C=O) groups is 1. The highest BCUT2D eigenvalue weighted by Crippen LogP contribution is 2.31. The number of sulfonamides is 1. The van der Waals surface area contributed by atoms with Gasteiger partial charge >= 0.3 is 5.97 Å². The van der Waals surface area contributed by atoms with Gasteiger partial charge in [0.2, 0.25) is 0 Å². The van der Waals surface area contributed by atoms with Gasteiger partial charge in [0.25, 0.3) is 15.7 Å². The van der Waals surface area contributed by atoms with Crippen LogP contribution in [0.3, 0.4) is 0 Å². The molecule has 0 radical (unpaired) electrons. The van der Waals surface area contributed by atoms with Gasteiger partial charge in [-0.25, -0.2) is 12.8 Å². The van der Waals surface area contributed by atoms with Crippen molar-refractivity contribution in [2.75, 3.05) is 17.5 Å². The Hall–Kier alpha value is -2.72. The molecule has 8 nitrogen and oxygen atoms in total. The second kappa shape index (κ2) is 8.31. The van der Waals surface area contributed by atoms with Crippen LogP contribution in [0.5, 0.6) is 0 Å². The van der Waals surface area contributed by atoms with E-state index in [9.17, 15) is 27.7 Å². The Labute approximate surface area is 159 Å². The zero-order valence-corrected chi connectivity index (χ0v) is 15.5. The zero-order chi connectivity index (χ0) is 20.2. The maximum Gasteiger partial charge on any atom is 0.326 e. The molecule has 0 bridgehead atoms. The molecule has 0 atom stereocenters. The lowest BCUT2D eigenvalue weighted by Crippen LogP contribution is -2.37. The maximum absolute atomic E-state index is 13.5. The number of hydrogen-bond acceptors (Lipinski definition) is 6. The fraction of sp³-hybridized carbons (Fsp3) is 0.188. The van der Waals surface area contributed by atoms with E-state index >= 15 is 0 Å². The quantitative estimate of drug-likeness (QED) is 0.390. The number of nitro benzene ring substituents is 1. The van der Waals surface area contributed by atoms with Crippen LogP contribution in [-0.4, -0.2) is 32.5 Å². The largest absolute Gasteiger partial charge is 0.465 e. The predicted octanol–water partition coefficient (Wildman–Crippen LogP) is 3.15. The first-order valence-electron chi connectivity index (χ1n) is 7.55. The summed E-state index contributed by atoms with van der Waals surface area (Å²) in [5.41, 5.74) is -0.813. The van der Waals surface area contributed by atoms with Crippen LogP contribution in [0.25, 0.3) is 0 Å². The molecule has 0 saturated heterocycles. The third-order valence-electron chi connectivity index (χ3n) is 3.40. The van der Waals surface area contributed by atoms with E-state index in [1.165, 1.54) is 19.1 Å². The molecule has 0 aliphatic rings. The third kappa shape index (κ3) is 4.52. The van der Waals surface area contributed by atoms with Crippen LogP contribution < -0.4 is 4.31 Å². The summed E-state index contributed by atoms with van der Waals surface area (Å²) in [4.78, 5) is 21.6. The number of esters is 1. The average molecular weight is 417 g/mol. The van der Waals surface area contributed by atoms with Crippen molar-refractivity contribution in [1.82, 2.24) is 0 Å². The molecule has 0 fully saturated rings. The van der Waals surface area contributed by atoms with E-state index in [2.05, 4.69) is 0 Å². The summed E-state index contributed by atoms with van der Waals surface area (Å²) in [6.07, 6.45) is 0. The second-order valence-electron chi connectivity index (χ2n) is 5.14. The summed E-state index contributed by atoms with van der Waals surface area (Å²) in [7, 11) is -4.56. The van der Waals surface area contributed by atoms with Crippen molar-refractivity contribution in [3.05, 3.63) is 63.4 Å². The van der Waals surface area contributed by atoms with Gasteiger partial charge in [-0.3, -0.25) is 19.2 Å². The minimum atomic E-state index is -4.56. The maximum atomic E-state index is 13.5. The fourth-order valence-corrected chi connectivity index (χ4v) is 3.96. The summed E-state index contributed by atoms with van der Waals surface area (Å²) in [5, 5.41) is 10.8. The molecule has 2 rings (SSSR count). The molecular weight excluding hydrogens is 403 g/mol. The second-order valence-corrected chi connectivity index (χ2v) is 7.38. The van der Waals surface area contributed by atoms with E-state index in [1.54, 1.807) is 0 Å². The molecule has 11 heteroatoms. The van der Waals surface area contributed by atoms with Gasteiger partial charge in [0.05, 0.1) is 22.2 Å². The highest BCUT2D eigenvalue weighted by molar-refractivity contribution is 7.93. The molecule has 0 unspecified atom stereocenters. The van der Waals surface area contributed by atoms with Crippen LogP contribution in [0.4, 0.5) is 15.8 Å². The number of anilines is 1. The molecule has 0 spiro atoms. The normalized spacial score (nSPS) is 11.1. The van der Waals surface area contributed by atoms with Gasteiger partial charge in [-0.2, -0.15) is 0 Å². The van der Waals surface area contributed by atoms with Gasteiger partial charge in [0.1, 0.15) is 12.4 Å². The van der Waals surface area contributed by atoms with E-state index in [-0.39, 0.29) is 17.3 Å². The molecule has 0 heterocycles. The molecule has 27 heavy (non-hydrogen) atoms. The lowest BCUT2D eigenvalue weighted by atomic mass is 10.3. The summed E-state index contributed by atoms with van der Waals surface area (Å²) in [6.45, 7) is 0.764. The van der Waals surface area contributed by atoms with Crippen LogP contribution in [-0.2, 0) is 19.6 Å². The smallest absolute Gasteiger partial charge is 0.326 e. The number of ether oxygens (including phenoxy) is 1. The molecule has 0 N–H and O–H groups in total. The van der Waals surface area contributed by atoms with E-state index in [4.69, 9.17) is 16.3 Å². The Bertz CT molecular complexity index is 983. The SMILES string of the molecule is CCOC(=O)CN(c1ccc(F)c(Cl)c1)S(=O)(=O)c1ccccc1[N+](=O)[O-]. The Kier molecular flexibility index (Phi) is 6.34. The van der Waals surface area contributed by atoms with Crippen molar-refractivity contribution in [3.63, 3.8) is 0 Å². The van der Waals surface area contributed by atoms with Crippen molar-refractivity contribution >= 4 is 39.0 Å². The fourth-order valence-electron chi connectivity index (χ4n) is 2.22. The molecule has 0 aliphatic carbocycles. The summed E-state index contributed by atoms with van der Waals surface area (Å²) >= 11 is 5.71. The summed E-state index contributed by atoms with van der Waals surface area (Å²) in [5.74, 6) is -1.68. The Morgan fingerprint density at radius 3 is 2.56 bits per heavy atom. The molecular formula is C16H14ClFN2O6S. The van der Waals surface area contributed by atoms with Crippen molar-refractivity contribution in [3.8, 4) is 0 Å². The first kappa shape index (κ1) is 20.6. The summed E-state index contributed by atoms with van der Waals surface area (Å²) < 4.78 is 44.9. The number of nitrogens with zero attached hydrogens (tertiary/aromatic N) is 2. The van der Waals surface area contributed by atoms with E-state index in [1.807, 2.05) is 0 Å². The highest BCUT2D eigenvalue weighted by atomic mass is 35.5. The van der Waals surface area contributed by atoms with Crippen LogP contribution in [0.2, 0.25) is 5.02 Å². The van der Waals surface area contributed by atoms with E-state index in [0.717, 1.165) is 30.3 Å². The number of para-hydroxylation sites is 1. The first-order valence-corrected chi connectivity index (χ1v) is 9.37. The number of benzene rings is 2. The number of carbonyl (C=O) groups excluding carboxylic acids is 1. The molecule has 0 saturated carbocycles. The van der Waals surface area contributed by atoms with Crippen molar-refractivity contribution in [2.45, 2.75) is 11.8 Å². The molecule has 2 aromatic rings. The average Bonchev–Trinajstić information content (AvgIpc) is 2.62. The van der Waals surface area contributed by atoms with Gasteiger partial charge in [-0.05, 0) is 31.2 Å². The van der Waals surface area contributed by atoms with Gasteiger partial charge in [-0.1, -0.05) is 23.7 Å². The highest BCUT2D eigenvalue weighted by Gasteiger charge is 2.33. The minimum absolute atomic E-state index is 0.00236. The monoisotopic (exact) mass is 416 g/mol. The van der Waals surface area contributed by atoms with Gasteiger partial charge in [0.15, 0.2) is 4.90 Å². The van der Waals surface area contributed by atoms with E-state index < -0.39 is 43.9 Å². The van der Waals surface area contributed by atoms with Crippen LogP contribution >= 0.6 is 11.6 Å². The van der Waals surface area contributed by atoms with Crippen molar-refractivity contribution in [2.24, 2.45) is 0 Å². The lowest BCUT2D eigenvalue weighted by molar-refractivity contribution is -0.387. The number of nitro groups is 1. The van der Waals surface area contributed by atoms with Gasteiger partial charge in [-0.15, -0.1) is 0 Å². The molecule has 0 aromatic heterocycles. The standard InChI is InChI=1S/C16H14ClFN2O6S/c1-2-26-16(21)10-19(11-7-8-13(18)12(17)9-11)27(24,25)15-6-4-3-5-14(15)20(22)23/h3-9H,2,10H2,1H3. The number of halogens is 2. The van der Waals surface area contributed by atoms with E-state index in [0.29, 0.717) is 4.31 Å². The van der Waals surface area contributed by atoms with Crippen LogP contribution in [0, 0.1) is 15.9 Å². The molecule has 0 aliphatic heterocycles. The van der Waals surface area contributed by atoms with Crippen molar-refractivity contribution in [1.29, 1.82) is 0 Å². The number of rotatable bonds is 7. The Morgan fingerprint density at radius 2 is 1.96 bits per heavy atom. The first-order chi connectivity index (χ1) is 12.7. The minimum Gasteiger partial charge on any atom is -0.465 e. The molecule has 2 aromatic carbocycles. The topological polar surface area (TPSA) is 107 Å². The molecule has 144 valence electrons. The third-order valence-corrected chi connectivity index (χ3v) is 5.51. The zero-order valence-electron chi connectivity index (χ0n) is 14.0. The Balaban J connectivity index is 2.63. The molecule has 0 amide bonds. The Morgan fingerprint density at radius 1 is 1.30 bits per heavy atom. The van der Waals surface area contributed by atoms with Gasteiger partial charge < -0.3 is 4.74 Å². The van der Waals surface area contributed by atoms with Crippen LogP contribution in [0.1, 0.15) is 6.92 Å². The van der Waals surface area contributed by atoms with Gasteiger partial charge in [0, 0.05) is 6.07 Å².